The van der Waals surface area contributed by atoms with E-state index < -0.39 is 0 Å². The number of ether oxygens (including phenoxy) is 2. The van der Waals surface area contributed by atoms with Gasteiger partial charge in [-0.3, -0.25) is 9.69 Å². The largest absolute Gasteiger partial charge is 0.486 e. The van der Waals surface area contributed by atoms with Crippen molar-refractivity contribution in [2.24, 2.45) is 0 Å². The van der Waals surface area contributed by atoms with Crippen molar-refractivity contribution in [1.29, 1.82) is 0 Å². The molecule has 2 heterocycles. The molecule has 0 bridgehead atoms. The second-order valence-electron chi connectivity index (χ2n) is 8.70. The molecule has 3 amide bonds. The van der Waals surface area contributed by atoms with Gasteiger partial charge in [-0.25, -0.2) is 4.79 Å². The predicted octanol–water partition coefficient (Wildman–Crippen LogP) is 4.04. The number of nitrogens with one attached hydrogen (secondary N) is 1. The summed E-state index contributed by atoms with van der Waals surface area (Å²) >= 11 is 0. The van der Waals surface area contributed by atoms with Gasteiger partial charge in [0.1, 0.15) is 19.8 Å². The molecule has 1 saturated heterocycles. The molecule has 0 radical (unpaired) electrons. The molecule has 0 spiro atoms. The molecule has 2 aliphatic rings. The van der Waals surface area contributed by atoms with Gasteiger partial charge in [-0.05, 0) is 29.7 Å². The fourth-order valence-electron chi connectivity index (χ4n) is 4.65. The summed E-state index contributed by atoms with van der Waals surface area (Å²) in [7, 11) is 0. The van der Waals surface area contributed by atoms with Crippen LogP contribution in [0.4, 0.5) is 10.5 Å². The van der Waals surface area contributed by atoms with Crippen molar-refractivity contribution in [3.8, 4) is 11.5 Å². The molecule has 2 aliphatic heterocycles. The maximum atomic E-state index is 13.0. The van der Waals surface area contributed by atoms with E-state index in [2.05, 4.69) is 29.6 Å². The van der Waals surface area contributed by atoms with E-state index in [0.29, 0.717) is 44.3 Å². The Morgan fingerprint density at radius 3 is 2.20 bits per heavy atom. The van der Waals surface area contributed by atoms with Crippen LogP contribution in [-0.4, -0.2) is 56.2 Å². The highest BCUT2D eigenvalue weighted by atomic mass is 16.6. The van der Waals surface area contributed by atoms with Gasteiger partial charge in [0.05, 0.1) is 0 Å². The van der Waals surface area contributed by atoms with Crippen LogP contribution in [0.3, 0.4) is 0 Å². The zero-order chi connectivity index (χ0) is 24.0. The predicted molar refractivity (Wildman–Crippen MR) is 134 cm³/mol. The van der Waals surface area contributed by atoms with Crippen LogP contribution in [0.1, 0.15) is 23.5 Å². The summed E-state index contributed by atoms with van der Waals surface area (Å²) in [5.74, 6) is 1.37. The Morgan fingerprint density at radius 2 is 1.51 bits per heavy atom. The van der Waals surface area contributed by atoms with Crippen LogP contribution in [0.15, 0.2) is 78.9 Å². The van der Waals surface area contributed by atoms with Crippen molar-refractivity contribution >= 4 is 17.6 Å². The zero-order valence-corrected chi connectivity index (χ0v) is 19.6. The number of fused-ring (bicyclic) bond motifs is 1. The molecule has 0 atom stereocenters. The van der Waals surface area contributed by atoms with Gasteiger partial charge >= 0.3 is 6.03 Å². The molecule has 3 aromatic carbocycles. The molecular formula is C28H29N3O4. The normalized spacial score (nSPS) is 14.9. The highest BCUT2D eigenvalue weighted by Gasteiger charge is 2.31. The summed E-state index contributed by atoms with van der Waals surface area (Å²) in [6.45, 7) is 2.61. The minimum absolute atomic E-state index is 0.0429. The van der Waals surface area contributed by atoms with E-state index in [1.165, 1.54) is 11.1 Å². The molecule has 35 heavy (non-hydrogen) atoms. The minimum Gasteiger partial charge on any atom is -0.486 e. The van der Waals surface area contributed by atoms with Crippen LogP contribution in [0.5, 0.6) is 11.5 Å². The van der Waals surface area contributed by atoms with Crippen molar-refractivity contribution in [3.05, 3.63) is 90.0 Å². The van der Waals surface area contributed by atoms with Crippen molar-refractivity contribution in [1.82, 2.24) is 10.2 Å². The minimum atomic E-state index is -0.178. The average Bonchev–Trinajstić information content (AvgIpc) is 3.27. The highest BCUT2D eigenvalue weighted by molar-refractivity contribution is 5.96. The molecule has 3 aromatic rings. The van der Waals surface area contributed by atoms with Gasteiger partial charge < -0.3 is 19.7 Å². The van der Waals surface area contributed by atoms with E-state index in [9.17, 15) is 9.59 Å². The molecule has 180 valence electrons. The maximum absolute atomic E-state index is 13.0. The zero-order valence-electron chi connectivity index (χ0n) is 19.6. The quantitative estimate of drug-likeness (QED) is 0.538. The Balaban J connectivity index is 1.16. The first-order chi connectivity index (χ1) is 17.2. The standard InChI is InChI=1S/C28H29N3O4/c32-27(29-14-13-24(21-7-3-1-4-8-21)22-9-5-2-6-10-22)20-30-15-16-31(28(30)33)23-11-12-25-26(19-23)35-18-17-34-25/h1-12,19,24H,13-18,20H2,(H,29,32). The molecule has 0 aromatic heterocycles. The smallest absolute Gasteiger partial charge is 0.325 e. The molecular weight excluding hydrogens is 442 g/mol. The topological polar surface area (TPSA) is 71.1 Å². The molecule has 1 fully saturated rings. The first kappa shape index (κ1) is 22.8. The first-order valence-electron chi connectivity index (χ1n) is 12.0. The third-order valence-corrected chi connectivity index (χ3v) is 6.43. The lowest BCUT2D eigenvalue weighted by Gasteiger charge is -2.22. The maximum Gasteiger partial charge on any atom is 0.325 e. The van der Waals surface area contributed by atoms with Crippen LogP contribution in [0.2, 0.25) is 0 Å². The van der Waals surface area contributed by atoms with E-state index in [4.69, 9.17) is 9.47 Å². The van der Waals surface area contributed by atoms with E-state index in [-0.39, 0.29) is 24.4 Å². The van der Waals surface area contributed by atoms with Gasteiger partial charge in [-0.2, -0.15) is 0 Å². The Bertz CT molecular complexity index is 1130. The summed E-state index contributed by atoms with van der Waals surface area (Å²) < 4.78 is 11.2. The number of nitrogens with zero attached hydrogens (tertiary/aromatic N) is 2. The van der Waals surface area contributed by atoms with E-state index >= 15 is 0 Å². The van der Waals surface area contributed by atoms with Gasteiger partial charge in [0.2, 0.25) is 5.91 Å². The summed E-state index contributed by atoms with van der Waals surface area (Å²) in [5, 5.41) is 3.01. The summed E-state index contributed by atoms with van der Waals surface area (Å²) in [5.41, 5.74) is 3.19. The molecule has 0 aliphatic carbocycles. The lowest BCUT2D eigenvalue weighted by atomic mass is 9.88. The lowest BCUT2D eigenvalue weighted by Crippen LogP contribution is -2.40. The van der Waals surface area contributed by atoms with Crippen molar-refractivity contribution in [2.45, 2.75) is 12.3 Å². The number of hydrogen-bond donors (Lipinski definition) is 1. The number of amides is 3. The number of carbonyl (C=O) groups is 2. The molecule has 7 nitrogen and oxygen atoms in total. The van der Waals surface area contributed by atoms with Gasteiger partial charge in [0.15, 0.2) is 11.5 Å². The van der Waals surface area contributed by atoms with Crippen molar-refractivity contribution in [3.63, 3.8) is 0 Å². The fraction of sp³-hybridized carbons (Fsp3) is 0.286. The van der Waals surface area contributed by atoms with Crippen molar-refractivity contribution < 1.29 is 19.1 Å². The van der Waals surface area contributed by atoms with Gasteiger partial charge in [-0.1, -0.05) is 60.7 Å². The van der Waals surface area contributed by atoms with Crippen LogP contribution < -0.4 is 19.7 Å². The SMILES string of the molecule is O=C(CN1CCN(c2ccc3c(c2)OCCO3)C1=O)NCCC(c1ccccc1)c1ccccc1. The third-order valence-electron chi connectivity index (χ3n) is 6.43. The molecule has 5 rings (SSSR count). The van der Waals surface area contributed by atoms with Gasteiger partial charge in [-0.15, -0.1) is 0 Å². The lowest BCUT2D eigenvalue weighted by molar-refractivity contribution is -0.121. The Hall–Kier alpha value is -4.00. The van der Waals surface area contributed by atoms with Gasteiger partial charge in [0, 0.05) is 37.3 Å². The second kappa shape index (κ2) is 10.5. The van der Waals surface area contributed by atoms with E-state index in [1.54, 1.807) is 9.80 Å². The summed E-state index contributed by atoms with van der Waals surface area (Å²) in [6.07, 6.45) is 0.775. The number of carbonyl (C=O) groups excluding carboxylic acids is 2. The van der Waals surface area contributed by atoms with Crippen LogP contribution >= 0.6 is 0 Å². The molecule has 1 N–H and O–H groups in total. The Morgan fingerprint density at radius 1 is 0.857 bits per heavy atom. The highest BCUT2D eigenvalue weighted by Crippen LogP contribution is 2.35. The fourth-order valence-corrected chi connectivity index (χ4v) is 4.65. The monoisotopic (exact) mass is 471 g/mol. The van der Waals surface area contributed by atoms with E-state index in [1.807, 2.05) is 54.6 Å². The summed E-state index contributed by atoms with van der Waals surface area (Å²) in [6, 6.07) is 26.0. The summed E-state index contributed by atoms with van der Waals surface area (Å²) in [4.78, 5) is 28.9. The number of urea groups is 1. The van der Waals surface area contributed by atoms with Crippen molar-refractivity contribution in [2.75, 3.05) is 44.3 Å². The van der Waals surface area contributed by atoms with Crippen LogP contribution in [-0.2, 0) is 4.79 Å². The molecule has 0 unspecified atom stereocenters. The number of benzene rings is 3. The average molecular weight is 472 g/mol. The third kappa shape index (κ3) is 5.24. The van der Waals surface area contributed by atoms with Crippen LogP contribution in [0, 0.1) is 0 Å². The molecule has 0 saturated carbocycles. The van der Waals surface area contributed by atoms with Crippen LogP contribution in [0.25, 0.3) is 0 Å². The number of hydrogen-bond acceptors (Lipinski definition) is 4. The van der Waals surface area contributed by atoms with E-state index in [0.717, 1.165) is 12.1 Å². The first-order valence-corrected chi connectivity index (χ1v) is 12.0. The Kier molecular flexibility index (Phi) is 6.84. The number of rotatable bonds is 8. The Labute approximate surface area is 205 Å². The second-order valence-corrected chi connectivity index (χ2v) is 8.70. The van der Waals surface area contributed by atoms with Gasteiger partial charge in [0.25, 0.3) is 0 Å². The number of anilines is 1. The molecule has 7 heteroatoms.